The predicted octanol–water partition coefficient (Wildman–Crippen LogP) is 0.575. The zero-order valence-corrected chi connectivity index (χ0v) is 6.53. The molecule has 56 valence electrons. The van der Waals surface area contributed by atoms with Crippen LogP contribution in [0.1, 0.15) is 20.3 Å². The molecule has 0 unspecified atom stereocenters. The molecule has 0 amide bonds. The van der Waals surface area contributed by atoms with Gasteiger partial charge in [-0.3, -0.25) is 4.79 Å². The van der Waals surface area contributed by atoms with E-state index in [9.17, 15) is 4.79 Å². The van der Waals surface area contributed by atoms with Crippen LogP contribution >= 0.6 is 0 Å². The summed E-state index contributed by atoms with van der Waals surface area (Å²) in [6.07, 6.45) is 0.786. The van der Waals surface area contributed by atoms with Gasteiger partial charge in [0, 0.05) is 19.5 Å². The van der Waals surface area contributed by atoms with Gasteiger partial charge in [-0.1, -0.05) is 13.8 Å². The zero-order valence-electron chi connectivity index (χ0n) is 6.53. The summed E-state index contributed by atoms with van der Waals surface area (Å²) in [5.74, 6) is 0.469. The monoisotopic (exact) mass is 139 g/mol. The summed E-state index contributed by atoms with van der Waals surface area (Å²) in [4.78, 5) is 11.2. The molecule has 0 aromatic rings. The third-order valence-corrected chi connectivity index (χ3v) is 3.29. The van der Waals surface area contributed by atoms with E-state index in [1.165, 1.54) is 0 Å². The fourth-order valence-corrected chi connectivity index (χ4v) is 2.06. The number of nitrogens with one attached hydrogen (secondary N) is 1. The van der Waals surface area contributed by atoms with Crippen molar-refractivity contribution in [1.82, 2.24) is 5.32 Å². The Bertz CT molecular complexity index is 191. The van der Waals surface area contributed by atoms with E-state index in [0.717, 1.165) is 19.5 Å². The molecule has 2 rings (SSSR count). The smallest absolute Gasteiger partial charge is 0.142 e. The normalized spacial score (nSPS) is 33.2. The van der Waals surface area contributed by atoms with E-state index in [0.29, 0.717) is 5.78 Å². The van der Waals surface area contributed by atoms with Gasteiger partial charge in [0.15, 0.2) is 0 Å². The van der Waals surface area contributed by atoms with E-state index in [1.807, 2.05) is 0 Å². The topological polar surface area (TPSA) is 29.1 Å². The molecule has 2 nitrogen and oxygen atoms in total. The number of Topliss-reactive ketones (excluding diaryl/α,β-unsaturated/α-hetero) is 1. The molecule has 2 fully saturated rings. The van der Waals surface area contributed by atoms with Gasteiger partial charge in [0.25, 0.3) is 0 Å². The quantitative estimate of drug-likeness (QED) is 0.531. The van der Waals surface area contributed by atoms with Crippen LogP contribution in [0.5, 0.6) is 0 Å². The highest BCUT2D eigenvalue weighted by atomic mass is 16.1. The molecule has 1 N–H and O–H groups in total. The van der Waals surface area contributed by atoms with Gasteiger partial charge in [-0.2, -0.15) is 0 Å². The largest absolute Gasteiger partial charge is 0.315 e. The van der Waals surface area contributed by atoms with Crippen molar-refractivity contribution >= 4 is 5.78 Å². The highest BCUT2D eigenvalue weighted by Gasteiger charge is 2.63. The van der Waals surface area contributed by atoms with Crippen molar-refractivity contribution in [2.45, 2.75) is 20.3 Å². The van der Waals surface area contributed by atoms with Crippen LogP contribution in [0.25, 0.3) is 0 Å². The van der Waals surface area contributed by atoms with Gasteiger partial charge in [-0.15, -0.1) is 0 Å². The maximum absolute atomic E-state index is 11.2. The van der Waals surface area contributed by atoms with Crippen LogP contribution in [0.3, 0.4) is 0 Å². The average Bonchev–Trinajstić information content (AvgIpc) is 1.55. The molecule has 10 heavy (non-hydrogen) atoms. The molecule has 0 aromatic heterocycles. The minimum Gasteiger partial charge on any atom is -0.315 e. The van der Waals surface area contributed by atoms with Crippen molar-refractivity contribution in [3.8, 4) is 0 Å². The van der Waals surface area contributed by atoms with Crippen LogP contribution in [0.2, 0.25) is 0 Å². The van der Waals surface area contributed by atoms with E-state index in [4.69, 9.17) is 0 Å². The van der Waals surface area contributed by atoms with Crippen molar-refractivity contribution in [2.75, 3.05) is 13.1 Å². The molecular formula is C8H13NO. The Kier molecular flexibility index (Phi) is 0.919. The molecule has 2 aliphatic rings. The van der Waals surface area contributed by atoms with E-state index in [-0.39, 0.29) is 10.8 Å². The van der Waals surface area contributed by atoms with E-state index in [1.54, 1.807) is 0 Å². The maximum Gasteiger partial charge on any atom is 0.142 e. The van der Waals surface area contributed by atoms with Crippen LogP contribution in [0.4, 0.5) is 0 Å². The molecular weight excluding hydrogens is 126 g/mol. The summed E-state index contributed by atoms with van der Waals surface area (Å²) in [6, 6.07) is 0. The van der Waals surface area contributed by atoms with Crippen LogP contribution in [0.15, 0.2) is 0 Å². The molecule has 0 atom stereocenters. The fraction of sp³-hybridized carbons (Fsp3) is 0.875. The van der Waals surface area contributed by atoms with Crippen LogP contribution in [-0.4, -0.2) is 18.9 Å². The summed E-state index contributed by atoms with van der Waals surface area (Å²) in [5.41, 5.74) is 0.322. The molecule has 1 saturated carbocycles. The highest BCUT2D eigenvalue weighted by Crippen LogP contribution is 2.55. The first kappa shape index (κ1) is 6.35. The van der Waals surface area contributed by atoms with Crippen molar-refractivity contribution in [3.63, 3.8) is 0 Å². The molecule has 1 spiro atoms. The summed E-state index contributed by atoms with van der Waals surface area (Å²) in [7, 11) is 0. The zero-order chi connectivity index (χ0) is 7.41. The predicted molar refractivity (Wildman–Crippen MR) is 38.7 cm³/mol. The number of hydrogen-bond donors (Lipinski definition) is 1. The molecule has 1 aliphatic carbocycles. The Morgan fingerprint density at radius 1 is 1.40 bits per heavy atom. The van der Waals surface area contributed by atoms with Gasteiger partial charge >= 0.3 is 0 Å². The minimum atomic E-state index is 0.0486. The Balaban J connectivity index is 2.26. The second kappa shape index (κ2) is 1.45. The number of rotatable bonds is 0. The summed E-state index contributed by atoms with van der Waals surface area (Å²) < 4.78 is 0. The van der Waals surface area contributed by atoms with Crippen molar-refractivity contribution in [1.29, 1.82) is 0 Å². The van der Waals surface area contributed by atoms with Crippen LogP contribution in [-0.2, 0) is 4.79 Å². The first-order valence-electron chi connectivity index (χ1n) is 3.83. The summed E-state index contributed by atoms with van der Waals surface area (Å²) >= 11 is 0. The van der Waals surface area contributed by atoms with Gasteiger partial charge in [0.2, 0.25) is 0 Å². The molecule has 0 aromatic carbocycles. The van der Waals surface area contributed by atoms with E-state index in [2.05, 4.69) is 19.2 Å². The Hall–Kier alpha value is -0.370. The van der Waals surface area contributed by atoms with Crippen molar-refractivity contribution in [2.24, 2.45) is 10.8 Å². The van der Waals surface area contributed by atoms with E-state index < -0.39 is 0 Å². The number of hydrogen-bond acceptors (Lipinski definition) is 2. The minimum absolute atomic E-state index is 0.0486. The second-order valence-corrected chi connectivity index (χ2v) is 4.17. The Labute approximate surface area is 61.0 Å². The van der Waals surface area contributed by atoms with Crippen molar-refractivity contribution in [3.05, 3.63) is 0 Å². The third kappa shape index (κ3) is 0.439. The van der Waals surface area contributed by atoms with Gasteiger partial charge in [-0.25, -0.2) is 0 Å². The fourth-order valence-electron chi connectivity index (χ4n) is 2.06. The maximum atomic E-state index is 11.2. The third-order valence-electron chi connectivity index (χ3n) is 3.29. The van der Waals surface area contributed by atoms with Crippen molar-refractivity contribution < 1.29 is 4.79 Å². The summed E-state index contributed by atoms with van der Waals surface area (Å²) in [6.45, 7) is 6.21. The lowest BCUT2D eigenvalue weighted by molar-refractivity contribution is -0.164. The lowest BCUT2D eigenvalue weighted by Gasteiger charge is -2.60. The van der Waals surface area contributed by atoms with Crippen LogP contribution < -0.4 is 5.32 Å². The Morgan fingerprint density at radius 3 is 2.10 bits per heavy atom. The molecule has 1 aliphatic heterocycles. The average molecular weight is 139 g/mol. The molecule has 0 radical (unpaired) electrons. The van der Waals surface area contributed by atoms with Gasteiger partial charge in [0.05, 0.1) is 5.41 Å². The molecule has 0 bridgehead atoms. The first-order valence-corrected chi connectivity index (χ1v) is 3.83. The SMILES string of the molecule is CC1(C)CC(=O)C12CNC2. The van der Waals surface area contributed by atoms with Gasteiger partial charge < -0.3 is 5.32 Å². The molecule has 1 heterocycles. The summed E-state index contributed by atoms with van der Waals surface area (Å²) in [5, 5.41) is 3.17. The van der Waals surface area contributed by atoms with Gasteiger partial charge in [-0.05, 0) is 5.41 Å². The van der Waals surface area contributed by atoms with Crippen LogP contribution in [0, 0.1) is 10.8 Å². The standard InChI is InChI=1S/C8H13NO/c1-7(2)3-6(10)8(7)4-9-5-8/h9H,3-5H2,1-2H3. The van der Waals surface area contributed by atoms with E-state index >= 15 is 0 Å². The van der Waals surface area contributed by atoms with Gasteiger partial charge in [0.1, 0.15) is 5.78 Å². The highest BCUT2D eigenvalue weighted by molar-refractivity contribution is 5.94. The number of ketones is 1. The lowest BCUT2D eigenvalue weighted by Crippen LogP contribution is -2.72. The Morgan fingerprint density at radius 2 is 2.00 bits per heavy atom. The second-order valence-electron chi connectivity index (χ2n) is 4.17. The molecule has 2 heteroatoms. The number of carbonyl (C=O) groups is 1. The molecule has 1 saturated heterocycles. The first-order chi connectivity index (χ1) is 4.58. The number of carbonyl (C=O) groups excluding carboxylic acids is 1. The lowest BCUT2D eigenvalue weighted by atomic mass is 9.47.